The van der Waals surface area contributed by atoms with Crippen LogP contribution in [0.15, 0.2) is 27.7 Å². The van der Waals surface area contributed by atoms with Crippen LogP contribution in [0.2, 0.25) is 5.02 Å². The third-order valence-corrected chi connectivity index (χ3v) is 5.22. The Balaban J connectivity index is 2.16. The predicted octanol–water partition coefficient (Wildman–Crippen LogP) is 5.03. The quantitative estimate of drug-likeness (QED) is 0.811. The first kappa shape index (κ1) is 14.2. The van der Waals surface area contributed by atoms with Crippen molar-refractivity contribution in [2.75, 3.05) is 11.1 Å². The van der Waals surface area contributed by atoms with Gasteiger partial charge < -0.3 is 5.32 Å². The maximum absolute atomic E-state index is 6.08. The van der Waals surface area contributed by atoms with Crippen LogP contribution in [0.4, 0.5) is 5.69 Å². The maximum Gasteiger partial charge on any atom is 0.161 e. The molecule has 1 atom stereocenters. The highest BCUT2D eigenvalue weighted by Gasteiger charge is 2.19. The summed E-state index contributed by atoms with van der Waals surface area (Å²) in [6.45, 7) is 4.44. The van der Waals surface area contributed by atoms with E-state index in [4.69, 9.17) is 16.6 Å². The van der Waals surface area contributed by atoms with Gasteiger partial charge in [0.1, 0.15) is 0 Å². The topological polar surface area (TPSA) is 24.4 Å². The van der Waals surface area contributed by atoms with E-state index < -0.39 is 0 Å². The van der Waals surface area contributed by atoms with Crippen molar-refractivity contribution in [1.29, 1.82) is 0 Å². The second kappa shape index (κ2) is 6.31. The maximum atomic E-state index is 6.08. The lowest BCUT2D eigenvalue weighted by Gasteiger charge is -2.23. The first-order chi connectivity index (χ1) is 8.58. The van der Waals surface area contributed by atoms with Gasteiger partial charge in [-0.25, -0.2) is 0 Å². The number of hydrogen-bond donors (Lipinski definition) is 1. The van der Waals surface area contributed by atoms with Gasteiger partial charge in [0.15, 0.2) is 5.17 Å². The van der Waals surface area contributed by atoms with Gasteiger partial charge in [0.25, 0.3) is 0 Å². The third-order valence-electron chi connectivity index (χ3n) is 2.90. The number of amidine groups is 1. The van der Waals surface area contributed by atoms with Crippen LogP contribution >= 0.6 is 39.3 Å². The third kappa shape index (κ3) is 3.43. The fraction of sp³-hybridized carbons (Fsp3) is 0.462. The van der Waals surface area contributed by atoms with Crippen LogP contribution in [0, 0.1) is 5.92 Å². The molecule has 0 bridgehead atoms. The Bertz CT molecular complexity index is 462. The number of halogens is 2. The lowest BCUT2D eigenvalue weighted by Crippen LogP contribution is -2.24. The van der Waals surface area contributed by atoms with E-state index >= 15 is 0 Å². The Labute approximate surface area is 126 Å². The molecular formula is C13H16BrClN2S. The Hall–Kier alpha value is -0.190. The molecule has 1 aliphatic heterocycles. The number of hydrogen-bond acceptors (Lipinski definition) is 3. The van der Waals surface area contributed by atoms with Crippen molar-refractivity contribution in [1.82, 2.24) is 0 Å². The van der Waals surface area contributed by atoms with Gasteiger partial charge in [0.05, 0.1) is 21.2 Å². The van der Waals surface area contributed by atoms with Gasteiger partial charge in [-0.05, 0) is 40.4 Å². The lowest BCUT2D eigenvalue weighted by atomic mass is 10.0. The summed E-state index contributed by atoms with van der Waals surface area (Å²) < 4.78 is 0.890. The summed E-state index contributed by atoms with van der Waals surface area (Å²) in [6.07, 6.45) is 1.16. The predicted molar refractivity (Wildman–Crippen MR) is 85.9 cm³/mol. The van der Waals surface area contributed by atoms with Gasteiger partial charge in [-0.3, -0.25) is 4.99 Å². The number of anilines is 1. The van der Waals surface area contributed by atoms with Crippen LogP contribution in [0.3, 0.4) is 0 Å². The zero-order chi connectivity index (χ0) is 13.1. The molecule has 0 spiro atoms. The minimum Gasteiger partial charge on any atom is -0.334 e. The Morgan fingerprint density at radius 3 is 3.00 bits per heavy atom. The minimum atomic E-state index is 0.423. The molecule has 18 heavy (non-hydrogen) atoms. The van der Waals surface area contributed by atoms with Crippen LogP contribution in [0.25, 0.3) is 0 Å². The largest absolute Gasteiger partial charge is 0.334 e. The molecule has 1 N–H and O–H groups in total. The van der Waals surface area contributed by atoms with Crippen molar-refractivity contribution >= 4 is 50.1 Å². The van der Waals surface area contributed by atoms with Crippen LogP contribution in [-0.4, -0.2) is 17.0 Å². The van der Waals surface area contributed by atoms with Crippen molar-refractivity contribution in [2.45, 2.75) is 26.3 Å². The van der Waals surface area contributed by atoms with Gasteiger partial charge in [0, 0.05) is 5.75 Å². The highest BCUT2D eigenvalue weighted by Crippen LogP contribution is 2.32. The normalized spacial score (nSPS) is 19.8. The number of rotatable bonds is 2. The van der Waals surface area contributed by atoms with Crippen LogP contribution < -0.4 is 5.32 Å². The summed E-state index contributed by atoms with van der Waals surface area (Å²) in [5.41, 5.74) is 0.971. The minimum absolute atomic E-state index is 0.423. The van der Waals surface area contributed by atoms with Gasteiger partial charge in [-0.1, -0.05) is 43.3 Å². The Kier molecular flexibility index (Phi) is 4.98. The monoisotopic (exact) mass is 346 g/mol. The SMILES string of the molecule is CC(C)C1CCSC(Nc2cccc(Cl)c2Br)=N1. The summed E-state index contributed by atoms with van der Waals surface area (Å²) in [7, 11) is 0. The Morgan fingerprint density at radius 2 is 2.28 bits per heavy atom. The molecule has 0 aliphatic carbocycles. The molecule has 1 heterocycles. The van der Waals surface area contributed by atoms with Crippen LogP contribution in [0.5, 0.6) is 0 Å². The van der Waals surface area contributed by atoms with E-state index in [2.05, 4.69) is 35.1 Å². The van der Waals surface area contributed by atoms with Crippen molar-refractivity contribution in [2.24, 2.45) is 10.9 Å². The van der Waals surface area contributed by atoms with Gasteiger partial charge in [-0.15, -0.1) is 0 Å². The number of benzene rings is 1. The van der Waals surface area contributed by atoms with E-state index in [-0.39, 0.29) is 0 Å². The first-order valence-electron chi connectivity index (χ1n) is 5.99. The van der Waals surface area contributed by atoms with E-state index in [9.17, 15) is 0 Å². The second-order valence-corrected chi connectivity index (χ2v) is 6.89. The standard InChI is InChI=1S/C13H16BrClN2S/c1-8(2)10-6-7-18-13(16-10)17-11-5-3-4-9(15)12(11)14/h3-5,8,10H,6-7H2,1-2H3,(H,16,17). The smallest absolute Gasteiger partial charge is 0.161 e. The van der Waals surface area contributed by atoms with E-state index in [1.54, 1.807) is 11.8 Å². The summed E-state index contributed by atoms with van der Waals surface area (Å²) in [5, 5.41) is 5.06. The molecule has 0 saturated carbocycles. The highest BCUT2D eigenvalue weighted by atomic mass is 79.9. The number of nitrogens with zero attached hydrogens (tertiary/aromatic N) is 1. The number of nitrogens with one attached hydrogen (secondary N) is 1. The fourth-order valence-corrected chi connectivity index (χ4v) is 3.28. The van der Waals surface area contributed by atoms with Crippen molar-refractivity contribution in [3.05, 3.63) is 27.7 Å². The van der Waals surface area contributed by atoms with E-state index in [0.29, 0.717) is 17.0 Å². The van der Waals surface area contributed by atoms with Crippen LogP contribution in [0.1, 0.15) is 20.3 Å². The summed E-state index contributed by atoms with van der Waals surface area (Å²) in [6, 6.07) is 6.22. The van der Waals surface area contributed by atoms with Crippen molar-refractivity contribution in [3.8, 4) is 0 Å². The zero-order valence-electron chi connectivity index (χ0n) is 10.4. The zero-order valence-corrected chi connectivity index (χ0v) is 13.6. The molecule has 1 aromatic carbocycles. The first-order valence-corrected chi connectivity index (χ1v) is 8.15. The summed E-state index contributed by atoms with van der Waals surface area (Å²) in [5.74, 6) is 1.71. The molecule has 0 saturated heterocycles. The molecule has 0 amide bonds. The molecule has 98 valence electrons. The summed E-state index contributed by atoms with van der Waals surface area (Å²) >= 11 is 11.3. The molecule has 2 rings (SSSR count). The van der Waals surface area contributed by atoms with Gasteiger partial charge in [0.2, 0.25) is 0 Å². The average Bonchev–Trinajstić information content (AvgIpc) is 2.35. The van der Waals surface area contributed by atoms with Crippen molar-refractivity contribution in [3.63, 3.8) is 0 Å². The summed E-state index contributed by atoms with van der Waals surface area (Å²) in [4.78, 5) is 4.75. The highest BCUT2D eigenvalue weighted by molar-refractivity contribution is 9.10. The Morgan fingerprint density at radius 1 is 1.50 bits per heavy atom. The van der Waals surface area contributed by atoms with Crippen molar-refractivity contribution < 1.29 is 0 Å². The molecule has 1 aliphatic rings. The molecule has 1 aromatic rings. The number of aliphatic imine (C=N–C) groups is 1. The van der Waals surface area contributed by atoms with Gasteiger partial charge in [-0.2, -0.15) is 0 Å². The van der Waals surface area contributed by atoms with Crippen LogP contribution in [-0.2, 0) is 0 Å². The fourth-order valence-electron chi connectivity index (χ4n) is 1.80. The molecule has 0 aromatic heterocycles. The van der Waals surface area contributed by atoms with E-state index in [1.165, 1.54) is 0 Å². The molecule has 0 radical (unpaired) electrons. The molecule has 1 unspecified atom stereocenters. The number of thioether (sulfide) groups is 1. The second-order valence-electron chi connectivity index (χ2n) is 4.61. The average molecular weight is 348 g/mol. The van der Waals surface area contributed by atoms with Gasteiger partial charge >= 0.3 is 0 Å². The molecule has 2 nitrogen and oxygen atoms in total. The molecule has 5 heteroatoms. The van der Waals surface area contributed by atoms with E-state index in [0.717, 1.165) is 27.5 Å². The lowest BCUT2D eigenvalue weighted by molar-refractivity contribution is 0.485. The molecule has 0 fully saturated rings. The molecular weight excluding hydrogens is 332 g/mol. The van der Waals surface area contributed by atoms with E-state index in [1.807, 2.05) is 18.2 Å².